The van der Waals surface area contributed by atoms with E-state index in [4.69, 9.17) is 4.74 Å². The fourth-order valence-electron chi connectivity index (χ4n) is 2.44. The molecule has 1 aromatic carbocycles. The Labute approximate surface area is 183 Å². The summed E-state index contributed by atoms with van der Waals surface area (Å²) in [5.41, 5.74) is -0.978. The Morgan fingerprint density at radius 1 is 1.28 bits per heavy atom. The van der Waals surface area contributed by atoms with Gasteiger partial charge in [0.05, 0.1) is 13.1 Å². The number of benzene rings is 1. The quantitative estimate of drug-likeness (QED) is 0.249. The minimum absolute atomic E-state index is 0. The molecule has 0 fully saturated rings. The Balaban J connectivity index is 0.00000420. The van der Waals surface area contributed by atoms with E-state index in [0.29, 0.717) is 12.5 Å². The molecule has 2 N–H and O–H groups in total. The second-order valence-corrected chi connectivity index (χ2v) is 6.11. The van der Waals surface area contributed by atoms with E-state index in [-0.39, 0.29) is 48.4 Å². The zero-order valence-electron chi connectivity index (χ0n) is 16.3. The van der Waals surface area contributed by atoms with E-state index < -0.39 is 23.8 Å². The minimum atomic E-state index is -4.54. The molecule has 0 aliphatic carbocycles. The molecule has 1 unspecified atom stereocenters. The number of aryl methyl sites for hydroxylation is 1. The van der Waals surface area contributed by atoms with Crippen LogP contribution in [0.15, 0.2) is 35.5 Å². The average Bonchev–Trinajstić information content (AvgIpc) is 3.00. The first-order valence-corrected chi connectivity index (χ1v) is 8.73. The van der Waals surface area contributed by atoms with Crippen molar-refractivity contribution in [3.63, 3.8) is 0 Å². The van der Waals surface area contributed by atoms with Crippen molar-refractivity contribution in [1.29, 1.82) is 0 Å². The number of nitrogens with one attached hydrogen (secondary N) is 2. The van der Waals surface area contributed by atoms with E-state index in [1.54, 1.807) is 19.1 Å². The summed E-state index contributed by atoms with van der Waals surface area (Å²) in [6.45, 7) is 4.18. The highest BCUT2D eigenvalue weighted by atomic mass is 127. The van der Waals surface area contributed by atoms with Gasteiger partial charge in [0.15, 0.2) is 23.2 Å². The van der Waals surface area contributed by atoms with Gasteiger partial charge in [0, 0.05) is 25.4 Å². The standard InChI is InChI=1S/C18H23F4N5O.HI/c1-4-23-17(24-9-12(2)28-15-8-6-5-7-14(15)19)25-10-13-11-27(3)26-16(13)18(20,21)22;/h5-8,11-12H,4,9-10H2,1-3H3,(H2,23,24,25);1H. The molecule has 0 aliphatic rings. The SMILES string of the molecule is CCNC(=NCc1cn(C)nc1C(F)(F)F)NCC(C)Oc1ccccc1F.I. The summed E-state index contributed by atoms with van der Waals surface area (Å²) in [5.74, 6) is -0.0152. The van der Waals surface area contributed by atoms with E-state index in [9.17, 15) is 17.6 Å². The van der Waals surface area contributed by atoms with Gasteiger partial charge in [-0.2, -0.15) is 18.3 Å². The molecular weight excluding hydrogens is 505 g/mol. The van der Waals surface area contributed by atoms with Crippen molar-refractivity contribution in [2.75, 3.05) is 13.1 Å². The number of halogens is 5. The fourth-order valence-corrected chi connectivity index (χ4v) is 2.44. The largest absolute Gasteiger partial charge is 0.486 e. The molecular formula is C18H24F4IN5O. The van der Waals surface area contributed by atoms with Gasteiger partial charge in [0.2, 0.25) is 0 Å². The molecule has 0 radical (unpaired) electrons. The van der Waals surface area contributed by atoms with Crippen molar-refractivity contribution in [2.45, 2.75) is 32.7 Å². The number of nitrogens with zero attached hydrogens (tertiary/aromatic N) is 3. The lowest BCUT2D eigenvalue weighted by Crippen LogP contribution is -2.41. The van der Waals surface area contributed by atoms with Crippen molar-refractivity contribution < 1.29 is 22.3 Å². The summed E-state index contributed by atoms with van der Waals surface area (Å²) >= 11 is 0. The minimum Gasteiger partial charge on any atom is -0.486 e. The van der Waals surface area contributed by atoms with Crippen LogP contribution in [0.25, 0.3) is 0 Å². The molecule has 0 saturated heterocycles. The van der Waals surface area contributed by atoms with Crippen LogP contribution in [0.1, 0.15) is 25.1 Å². The lowest BCUT2D eigenvalue weighted by atomic mass is 10.2. The Morgan fingerprint density at radius 3 is 2.59 bits per heavy atom. The van der Waals surface area contributed by atoms with E-state index in [1.807, 2.05) is 6.92 Å². The van der Waals surface area contributed by atoms with Crippen LogP contribution in [0, 0.1) is 5.82 Å². The van der Waals surface area contributed by atoms with Crippen LogP contribution < -0.4 is 15.4 Å². The molecule has 0 amide bonds. The first kappa shape index (κ1) is 25.0. The van der Waals surface area contributed by atoms with Crippen molar-refractivity contribution in [3.8, 4) is 5.75 Å². The van der Waals surface area contributed by atoms with E-state index in [0.717, 1.165) is 4.68 Å². The van der Waals surface area contributed by atoms with Gasteiger partial charge in [0.25, 0.3) is 0 Å². The third-order valence-corrected chi connectivity index (χ3v) is 3.65. The molecule has 1 aromatic heterocycles. The number of aromatic nitrogens is 2. The van der Waals surface area contributed by atoms with Crippen LogP contribution in [-0.4, -0.2) is 34.9 Å². The fraction of sp³-hybridized carbons (Fsp3) is 0.444. The van der Waals surface area contributed by atoms with Gasteiger partial charge >= 0.3 is 6.18 Å². The van der Waals surface area contributed by atoms with Crippen LogP contribution in [0.4, 0.5) is 17.6 Å². The lowest BCUT2D eigenvalue weighted by molar-refractivity contribution is -0.142. The third kappa shape index (κ3) is 7.71. The Morgan fingerprint density at radius 2 is 1.97 bits per heavy atom. The Kier molecular flexibility index (Phi) is 9.66. The van der Waals surface area contributed by atoms with Gasteiger partial charge in [-0.15, -0.1) is 24.0 Å². The second-order valence-electron chi connectivity index (χ2n) is 6.11. The van der Waals surface area contributed by atoms with Crippen molar-refractivity contribution in [1.82, 2.24) is 20.4 Å². The summed E-state index contributed by atoms with van der Waals surface area (Å²) in [4.78, 5) is 4.18. The maximum absolute atomic E-state index is 13.6. The van der Waals surface area contributed by atoms with Gasteiger partial charge in [-0.3, -0.25) is 4.68 Å². The maximum atomic E-state index is 13.6. The lowest BCUT2D eigenvalue weighted by Gasteiger charge is -2.18. The second kappa shape index (κ2) is 11.2. The molecule has 0 saturated carbocycles. The van der Waals surface area contributed by atoms with Gasteiger partial charge < -0.3 is 15.4 Å². The molecule has 162 valence electrons. The predicted molar refractivity (Wildman–Crippen MR) is 113 cm³/mol. The molecule has 0 spiro atoms. The van der Waals surface area contributed by atoms with Crippen LogP contribution in [0.3, 0.4) is 0 Å². The number of para-hydroxylation sites is 1. The number of hydrogen-bond donors (Lipinski definition) is 2. The molecule has 0 aliphatic heterocycles. The molecule has 6 nitrogen and oxygen atoms in total. The van der Waals surface area contributed by atoms with Gasteiger partial charge in [-0.1, -0.05) is 12.1 Å². The van der Waals surface area contributed by atoms with Gasteiger partial charge in [-0.25, -0.2) is 9.38 Å². The Bertz CT molecular complexity index is 810. The smallest absolute Gasteiger partial charge is 0.435 e. The first-order chi connectivity index (χ1) is 13.2. The summed E-state index contributed by atoms with van der Waals surface area (Å²) in [5, 5.41) is 9.39. The van der Waals surface area contributed by atoms with E-state index >= 15 is 0 Å². The summed E-state index contributed by atoms with van der Waals surface area (Å²) in [7, 11) is 1.42. The van der Waals surface area contributed by atoms with Crippen LogP contribution in [0.5, 0.6) is 5.75 Å². The summed E-state index contributed by atoms with van der Waals surface area (Å²) in [6.07, 6.45) is -3.65. The zero-order valence-corrected chi connectivity index (χ0v) is 18.6. The highest BCUT2D eigenvalue weighted by Crippen LogP contribution is 2.30. The molecule has 0 bridgehead atoms. The van der Waals surface area contributed by atoms with Crippen molar-refractivity contribution in [2.24, 2.45) is 12.0 Å². The van der Waals surface area contributed by atoms with Crippen LogP contribution in [-0.2, 0) is 19.8 Å². The predicted octanol–water partition coefficient (Wildman–Crippen LogP) is 3.72. The molecule has 29 heavy (non-hydrogen) atoms. The molecule has 1 heterocycles. The number of alkyl halides is 3. The number of aliphatic imine (C=N–C) groups is 1. The topological polar surface area (TPSA) is 63.5 Å². The zero-order chi connectivity index (χ0) is 20.7. The highest BCUT2D eigenvalue weighted by Gasteiger charge is 2.36. The monoisotopic (exact) mass is 529 g/mol. The van der Waals surface area contributed by atoms with Gasteiger partial charge in [0.1, 0.15) is 6.10 Å². The molecule has 1 atom stereocenters. The van der Waals surface area contributed by atoms with Crippen molar-refractivity contribution >= 4 is 29.9 Å². The van der Waals surface area contributed by atoms with Crippen molar-refractivity contribution in [3.05, 3.63) is 47.5 Å². The van der Waals surface area contributed by atoms with E-state index in [2.05, 4.69) is 20.7 Å². The Hall–Kier alpha value is -2.05. The van der Waals surface area contributed by atoms with Crippen LogP contribution >= 0.6 is 24.0 Å². The highest BCUT2D eigenvalue weighted by molar-refractivity contribution is 14.0. The van der Waals surface area contributed by atoms with Gasteiger partial charge in [-0.05, 0) is 26.0 Å². The summed E-state index contributed by atoms with van der Waals surface area (Å²) < 4.78 is 59.3. The maximum Gasteiger partial charge on any atom is 0.435 e. The molecule has 2 rings (SSSR count). The number of guanidine groups is 1. The summed E-state index contributed by atoms with van der Waals surface area (Å²) in [6, 6.07) is 6.05. The number of rotatable bonds is 7. The van der Waals surface area contributed by atoms with E-state index in [1.165, 1.54) is 25.4 Å². The van der Waals surface area contributed by atoms with Crippen LogP contribution in [0.2, 0.25) is 0 Å². The average molecular weight is 529 g/mol. The third-order valence-electron chi connectivity index (χ3n) is 3.65. The number of ether oxygens (including phenoxy) is 1. The molecule has 11 heteroatoms. The number of hydrogen-bond acceptors (Lipinski definition) is 3. The normalized spacial score (nSPS) is 12.9. The first-order valence-electron chi connectivity index (χ1n) is 8.73. The molecule has 2 aromatic rings.